The molecule has 250 valence electrons. The van der Waals surface area contributed by atoms with Crippen LogP contribution in [0.1, 0.15) is 53.9 Å². The molecule has 5 N–H and O–H groups in total. The van der Waals surface area contributed by atoms with E-state index in [2.05, 4.69) is 0 Å². The van der Waals surface area contributed by atoms with Crippen LogP contribution < -0.4 is 5.73 Å². The third kappa shape index (κ3) is 10.2. The van der Waals surface area contributed by atoms with Crippen LogP contribution in [0.15, 0.2) is 23.8 Å². The summed E-state index contributed by atoms with van der Waals surface area (Å²) in [4.78, 5) is 51.6. The highest BCUT2D eigenvalue weighted by atomic mass is 16.7. The summed E-state index contributed by atoms with van der Waals surface area (Å²) in [6.45, 7) is 8.24. The number of amides is 1. The summed E-state index contributed by atoms with van der Waals surface area (Å²) in [5.41, 5.74) is 5.80. The van der Waals surface area contributed by atoms with E-state index < -0.39 is 91.1 Å². The van der Waals surface area contributed by atoms with Crippen molar-refractivity contribution >= 4 is 24.1 Å². The maximum atomic E-state index is 13.1. The number of ether oxygens (including phenoxy) is 4. The van der Waals surface area contributed by atoms with Gasteiger partial charge in [0.1, 0.15) is 25.1 Å². The fraction of sp³-hybridized carbons (Fsp3) is 0.742. The number of aliphatic hydroxyl groups is 3. The van der Waals surface area contributed by atoms with E-state index in [-0.39, 0.29) is 18.8 Å². The minimum absolute atomic E-state index is 0.0483. The molecule has 0 aromatic rings. The molecular formula is C31H50N2O11. The standard InChI is InChI=1S/C31H50N2O11/c1-8-24-21(15-41-31(32)40)11-16(2)9-10-22(35)17(3)12-20(14-34)29(18(4)23(36)13-25(37)43-24)44-30-28(39)26(33(6)7)27(38)19(5)42-30/h9-11,14,17-21,23-24,26-30,36,38-39H,8,12-13,15H2,1-7H3,(H2,32,40)/b10-9-,16-11+/t17-,18+,19-,20?,21-,23-,24-,26+,27-,28-,29-,30+/m1/s1. The number of hydrogen-bond donors (Lipinski definition) is 4. The largest absolute Gasteiger partial charge is 0.462 e. The molecule has 0 bridgehead atoms. The van der Waals surface area contributed by atoms with Gasteiger partial charge in [-0.15, -0.1) is 0 Å². The first-order chi connectivity index (χ1) is 20.6. The number of hydrogen-bond acceptors (Lipinski definition) is 12. The van der Waals surface area contributed by atoms with Crippen LogP contribution in [-0.4, -0.2) is 114 Å². The highest BCUT2D eigenvalue weighted by Gasteiger charge is 2.47. The summed E-state index contributed by atoms with van der Waals surface area (Å²) >= 11 is 0. The lowest BCUT2D eigenvalue weighted by Crippen LogP contribution is -2.63. The molecule has 44 heavy (non-hydrogen) atoms. The predicted molar refractivity (Wildman–Crippen MR) is 159 cm³/mol. The first kappa shape index (κ1) is 37.5. The Labute approximate surface area is 259 Å². The third-order valence-electron chi connectivity index (χ3n) is 8.47. The molecule has 2 heterocycles. The Bertz CT molecular complexity index is 1050. The van der Waals surface area contributed by atoms with E-state index in [0.29, 0.717) is 18.3 Å². The SMILES string of the molecule is CC[C@H]1OC(=O)C[C@@H](O)[C@H](C)[C@@H](O[C@@H]2O[C@H](C)[C@@H](O)[C@H](N(C)C)[C@H]2O)C(C=O)C[C@@H](C)C(=O)/C=C\C(C)=C\[C@@H]1COC(N)=O. The van der Waals surface area contributed by atoms with Crippen LogP contribution in [0.3, 0.4) is 0 Å². The van der Waals surface area contributed by atoms with E-state index in [4.69, 9.17) is 24.7 Å². The smallest absolute Gasteiger partial charge is 0.404 e. The number of primary amides is 1. The molecule has 0 aliphatic carbocycles. The van der Waals surface area contributed by atoms with E-state index in [9.17, 15) is 34.5 Å². The Morgan fingerprint density at radius 2 is 1.80 bits per heavy atom. The van der Waals surface area contributed by atoms with Crippen LogP contribution in [0.5, 0.6) is 0 Å². The van der Waals surface area contributed by atoms with Crippen molar-refractivity contribution in [1.82, 2.24) is 4.90 Å². The molecule has 1 saturated heterocycles. The topological polar surface area (TPSA) is 195 Å². The summed E-state index contributed by atoms with van der Waals surface area (Å²) in [5.74, 6) is -3.99. The molecule has 1 unspecified atom stereocenters. The zero-order chi connectivity index (χ0) is 33.3. The number of esters is 1. The molecule has 13 heteroatoms. The van der Waals surface area contributed by atoms with Crippen LogP contribution >= 0.6 is 0 Å². The summed E-state index contributed by atoms with van der Waals surface area (Å²) in [6.07, 6.45) is -3.25. The Kier molecular flexibility index (Phi) is 14.6. The number of aldehydes is 1. The fourth-order valence-corrected chi connectivity index (χ4v) is 5.78. The summed E-state index contributed by atoms with van der Waals surface area (Å²) in [6, 6.07) is -0.751. The van der Waals surface area contributed by atoms with Gasteiger partial charge >= 0.3 is 12.1 Å². The van der Waals surface area contributed by atoms with Crippen molar-refractivity contribution in [3.63, 3.8) is 0 Å². The van der Waals surface area contributed by atoms with Crippen molar-refractivity contribution in [2.45, 2.75) is 103 Å². The van der Waals surface area contributed by atoms with Gasteiger partial charge in [0.05, 0.1) is 36.9 Å². The maximum Gasteiger partial charge on any atom is 0.404 e. The van der Waals surface area contributed by atoms with Gasteiger partial charge in [0.15, 0.2) is 12.1 Å². The number of carbonyl (C=O) groups is 4. The second kappa shape index (κ2) is 17.1. The molecule has 0 spiro atoms. The van der Waals surface area contributed by atoms with Gasteiger partial charge in [0.2, 0.25) is 0 Å². The van der Waals surface area contributed by atoms with E-state index in [1.807, 2.05) is 0 Å². The van der Waals surface area contributed by atoms with Gasteiger partial charge in [-0.25, -0.2) is 4.79 Å². The van der Waals surface area contributed by atoms with Crippen LogP contribution in [0.25, 0.3) is 0 Å². The minimum Gasteiger partial charge on any atom is -0.462 e. The number of cyclic esters (lactones) is 1. The zero-order valence-corrected chi connectivity index (χ0v) is 26.7. The molecular weight excluding hydrogens is 576 g/mol. The van der Waals surface area contributed by atoms with Crippen molar-refractivity contribution in [3.8, 4) is 0 Å². The number of nitrogens with zero attached hydrogens (tertiary/aromatic N) is 1. The Balaban J connectivity index is 2.49. The van der Waals surface area contributed by atoms with Gasteiger partial charge in [-0.3, -0.25) is 9.59 Å². The lowest BCUT2D eigenvalue weighted by atomic mass is 9.81. The Morgan fingerprint density at radius 3 is 2.36 bits per heavy atom. The molecule has 0 saturated carbocycles. The van der Waals surface area contributed by atoms with Crippen LogP contribution in [0.2, 0.25) is 0 Å². The second-order valence-corrected chi connectivity index (χ2v) is 12.2. The van der Waals surface area contributed by atoms with Gasteiger partial charge in [0, 0.05) is 23.7 Å². The summed E-state index contributed by atoms with van der Waals surface area (Å²) in [5, 5.41) is 32.9. The minimum atomic E-state index is -1.35. The van der Waals surface area contributed by atoms with E-state index >= 15 is 0 Å². The number of rotatable bonds is 7. The molecule has 12 atom stereocenters. The average Bonchev–Trinajstić information content (AvgIpc) is 2.95. The molecule has 13 nitrogen and oxygen atoms in total. The van der Waals surface area contributed by atoms with Crippen LogP contribution in [0.4, 0.5) is 4.79 Å². The second-order valence-electron chi connectivity index (χ2n) is 12.2. The number of ketones is 1. The molecule has 1 fully saturated rings. The number of aliphatic hydroxyl groups excluding tert-OH is 3. The van der Waals surface area contributed by atoms with Crippen molar-refractivity contribution in [2.24, 2.45) is 29.4 Å². The summed E-state index contributed by atoms with van der Waals surface area (Å²) < 4.78 is 22.7. The third-order valence-corrected chi connectivity index (χ3v) is 8.47. The fourth-order valence-electron chi connectivity index (χ4n) is 5.78. The van der Waals surface area contributed by atoms with Gasteiger partial charge in [-0.2, -0.15) is 0 Å². The van der Waals surface area contributed by atoms with Gasteiger partial charge in [-0.1, -0.05) is 38.5 Å². The number of nitrogens with two attached hydrogens (primary N) is 1. The molecule has 2 rings (SSSR count). The van der Waals surface area contributed by atoms with E-state index in [1.54, 1.807) is 65.8 Å². The van der Waals surface area contributed by atoms with Crippen molar-refractivity contribution in [3.05, 3.63) is 23.8 Å². The van der Waals surface area contributed by atoms with Crippen molar-refractivity contribution in [1.29, 1.82) is 0 Å². The van der Waals surface area contributed by atoms with E-state index in [1.165, 1.54) is 6.08 Å². The lowest BCUT2D eigenvalue weighted by Gasteiger charge is -2.46. The molecule has 0 aromatic heterocycles. The molecule has 2 aliphatic heterocycles. The molecule has 1 amide bonds. The monoisotopic (exact) mass is 626 g/mol. The first-order valence-electron chi connectivity index (χ1n) is 15.1. The quantitative estimate of drug-likeness (QED) is 0.233. The maximum absolute atomic E-state index is 13.1. The Hall–Kier alpha value is -2.68. The van der Waals surface area contributed by atoms with Crippen molar-refractivity contribution < 1.29 is 53.4 Å². The van der Waals surface area contributed by atoms with Gasteiger partial charge in [-0.05, 0) is 46.9 Å². The number of likely N-dealkylation sites (N-methyl/N-ethyl adjacent to an activating group) is 1. The lowest BCUT2D eigenvalue weighted by molar-refractivity contribution is -0.302. The zero-order valence-electron chi connectivity index (χ0n) is 26.7. The van der Waals surface area contributed by atoms with Crippen LogP contribution in [0, 0.1) is 23.7 Å². The molecule has 0 radical (unpaired) electrons. The molecule has 2 aliphatic rings. The highest BCUT2D eigenvalue weighted by molar-refractivity contribution is 5.92. The van der Waals surface area contributed by atoms with Crippen molar-refractivity contribution in [2.75, 3.05) is 20.7 Å². The van der Waals surface area contributed by atoms with E-state index in [0.717, 1.165) is 0 Å². The normalized spacial score (nSPS) is 40.0. The number of carbonyl (C=O) groups excluding carboxylic acids is 4. The average molecular weight is 627 g/mol. The van der Waals surface area contributed by atoms with Crippen LogP contribution in [-0.2, 0) is 33.3 Å². The van der Waals surface area contributed by atoms with Gasteiger partial charge < -0.3 is 49.7 Å². The Morgan fingerprint density at radius 1 is 1.14 bits per heavy atom. The number of allylic oxidation sites excluding steroid dienone is 3. The predicted octanol–water partition coefficient (Wildman–Crippen LogP) is 1.12. The highest BCUT2D eigenvalue weighted by Crippen LogP contribution is 2.32. The summed E-state index contributed by atoms with van der Waals surface area (Å²) in [7, 11) is 3.38. The first-order valence-corrected chi connectivity index (χ1v) is 15.1. The van der Waals surface area contributed by atoms with Gasteiger partial charge in [0.25, 0.3) is 0 Å². The molecule has 0 aromatic carbocycles.